The molecule has 4 rings (SSSR count). The Bertz CT molecular complexity index is 957. The van der Waals surface area contributed by atoms with Crippen molar-refractivity contribution in [2.45, 2.75) is 6.04 Å². The number of anilines is 1. The summed E-state index contributed by atoms with van der Waals surface area (Å²) < 4.78 is 15.8. The number of piperazine rings is 1. The van der Waals surface area contributed by atoms with Gasteiger partial charge in [-0.1, -0.05) is 12.1 Å². The van der Waals surface area contributed by atoms with Gasteiger partial charge in [0.2, 0.25) is 6.79 Å². The van der Waals surface area contributed by atoms with Crippen LogP contribution in [0.4, 0.5) is 5.69 Å². The van der Waals surface area contributed by atoms with E-state index in [-0.39, 0.29) is 12.8 Å². The van der Waals surface area contributed by atoms with Crippen molar-refractivity contribution in [3.05, 3.63) is 48.0 Å². The summed E-state index contributed by atoms with van der Waals surface area (Å²) >= 11 is 0. The van der Waals surface area contributed by atoms with E-state index in [1.54, 1.807) is 25.3 Å². The molecule has 0 bridgehead atoms. The number of hydrogen-bond donors (Lipinski definition) is 2. The minimum atomic E-state index is -0.726. The van der Waals surface area contributed by atoms with Crippen LogP contribution >= 0.6 is 0 Å². The third kappa shape index (κ3) is 5.12. The van der Waals surface area contributed by atoms with Crippen molar-refractivity contribution in [2.75, 3.05) is 59.0 Å². The molecule has 2 N–H and O–H groups in total. The van der Waals surface area contributed by atoms with Crippen LogP contribution in [-0.4, -0.2) is 75.3 Å². The molecule has 0 aromatic heterocycles. The first-order valence-corrected chi connectivity index (χ1v) is 10.6. The van der Waals surface area contributed by atoms with Crippen LogP contribution in [0.3, 0.4) is 0 Å². The summed E-state index contributed by atoms with van der Waals surface area (Å²) in [4.78, 5) is 29.6. The number of benzene rings is 2. The first kappa shape index (κ1) is 21.9. The number of ether oxygens (including phenoxy) is 3. The van der Waals surface area contributed by atoms with Gasteiger partial charge in [-0.15, -0.1) is 0 Å². The number of fused-ring (bicyclic) bond motifs is 1. The maximum atomic E-state index is 12.5. The monoisotopic (exact) mass is 440 g/mol. The standard InChI is InChI=1S/C23H28N4O5/c1-26-9-11-27(12-10-26)19(16-3-6-18(30-2)7-4-16)14-24-22(28)23(29)25-17-5-8-20-21(13-17)32-15-31-20/h3-8,13,19H,9-12,14-15H2,1-2H3,(H,24,28)(H,25,29)/t19-/m0/s1. The molecule has 2 heterocycles. The summed E-state index contributed by atoms with van der Waals surface area (Å²) in [6.07, 6.45) is 0. The minimum Gasteiger partial charge on any atom is -0.497 e. The lowest BCUT2D eigenvalue weighted by atomic mass is 10.0. The molecule has 2 aliphatic rings. The zero-order valence-corrected chi connectivity index (χ0v) is 18.3. The molecule has 1 saturated heterocycles. The Morgan fingerprint density at radius 3 is 2.44 bits per heavy atom. The average Bonchev–Trinajstić information content (AvgIpc) is 3.28. The van der Waals surface area contributed by atoms with E-state index in [0.717, 1.165) is 37.5 Å². The van der Waals surface area contributed by atoms with Crippen molar-refractivity contribution >= 4 is 17.5 Å². The molecular weight excluding hydrogens is 412 g/mol. The molecule has 1 atom stereocenters. The molecule has 9 heteroatoms. The van der Waals surface area contributed by atoms with E-state index in [0.29, 0.717) is 23.7 Å². The van der Waals surface area contributed by atoms with Crippen molar-refractivity contribution in [2.24, 2.45) is 0 Å². The highest BCUT2D eigenvalue weighted by Gasteiger charge is 2.26. The fourth-order valence-corrected chi connectivity index (χ4v) is 3.85. The van der Waals surface area contributed by atoms with Gasteiger partial charge in [0.05, 0.1) is 13.2 Å². The number of carbonyl (C=O) groups excluding carboxylic acids is 2. The van der Waals surface area contributed by atoms with E-state index in [1.807, 2.05) is 24.3 Å². The fraction of sp³-hybridized carbons (Fsp3) is 0.391. The van der Waals surface area contributed by atoms with Gasteiger partial charge in [-0.25, -0.2) is 0 Å². The smallest absolute Gasteiger partial charge is 0.313 e. The van der Waals surface area contributed by atoms with Crippen molar-refractivity contribution in [1.29, 1.82) is 0 Å². The van der Waals surface area contributed by atoms with Gasteiger partial charge in [-0.3, -0.25) is 14.5 Å². The molecule has 1 fully saturated rings. The molecule has 2 aliphatic heterocycles. The summed E-state index contributed by atoms with van der Waals surface area (Å²) in [5, 5.41) is 5.41. The SMILES string of the molecule is COc1ccc([C@H](CNC(=O)C(=O)Nc2ccc3c(c2)OCO3)N2CCN(C)CC2)cc1. The van der Waals surface area contributed by atoms with Gasteiger partial charge in [0.1, 0.15) is 5.75 Å². The number of nitrogens with zero attached hydrogens (tertiary/aromatic N) is 2. The second-order valence-corrected chi connectivity index (χ2v) is 7.86. The van der Waals surface area contributed by atoms with Gasteiger partial charge in [0.25, 0.3) is 0 Å². The molecule has 0 unspecified atom stereocenters. The number of hydrogen-bond acceptors (Lipinski definition) is 7. The second kappa shape index (κ2) is 9.88. The van der Waals surface area contributed by atoms with E-state index < -0.39 is 11.8 Å². The second-order valence-electron chi connectivity index (χ2n) is 7.86. The first-order chi connectivity index (χ1) is 15.5. The lowest BCUT2D eigenvalue weighted by Crippen LogP contribution is -2.49. The predicted molar refractivity (Wildman–Crippen MR) is 119 cm³/mol. The lowest BCUT2D eigenvalue weighted by molar-refractivity contribution is -0.136. The Hall–Kier alpha value is -3.30. The number of likely N-dealkylation sites (N-methyl/N-ethyl adjacent to an activating group) is 1. The van der Waals surface area contributed by atoms with E-state index >= 15 is 0 Å². The van der Waals surface area contributed by atoms with Crippen LogP contribution in [0.15, 0.2) is 42.5 Å². The van der Waals surface area contributed by atoms with Gasteiger partial charge >= 0.3 is 11.8 Å². The van der Waals surface area contributed by atoms with Crippen LogP contribution < -0.4 is 24.8 Å². The maximum Gasteiger partial charge on any atom is 0.313 e. The largest absolute Gasteiger partial charge is 0.497 e. The van der Waals surface area contributed by atoms with Crippen molar-refractivity contribution in [3.8, 4) is 17.2 Å². The van der Waals surface area contributed by atoms with Crippen molar-refractivity contribution < 1.29 is 23.8 Å². The molecular formula is C23H28N4O5. The normalized spacial score (nSPS) is 16.9. The van der Waals surface area contributed by atoms with Gasteiger partial charge in [0.15, 0.2) is 11.5 Å². The maximum absolute atomic E-state index is 12.5. The van der Waals surface area contributed by atoms with Gasteiger partial charge in [-0.2, -0.15) is 0 Å². The lowest BCUT2D eigenvalue weighted by Gasteiger charge is -2.38. The Labute approximate surface area is 187 Å². The molecule has 0 radical (unpaired) electrons. The minimum absolute atomic E-state index is 0.0445. The van der Waals surface area contributed by atoms with Crippen LogP contribution in [0.1, 0.15) is 11.6 Å². The van der Waals surface area contributed by atoms with Crippen molar-refractivity contribution in [1.82, 2.24) is 15.1 Å². The third-order valence-electron chi connectivity index (χ3n) is 5.77. The summed E-state index contributed by atoms with van der Waals surface area (Å²) in [5.74, 6) is 0.517. The molecule has 2 aromatic carbocycles. The van der Waals surface area contributed by atoms with Gasteiger partial charge < -0.3 is 29.7 Å². The molecule has 9 nitrogen and oxygen atoms in total. The van der Waals surface area contributed by atoms with Crippen LogP contribution in [0.2, 0.25) is 0 Å². The van der Waals surface area contributed by atoms with Gasteiger partial charge in [0, 0.05) is 44.5 Å². The zero-order valence-electron chi connectivity index (χ0n) is 18.3. The van der Waals surface area contributed by atoms with Crippen LogP contribution in [0.25, 0.3) is 0 Å². The Morgan fingerprint density at radius 1 is 1.00 bits per heavy atom. The van der Waals surface area contributed by atoms with Crippen molar-refractivity contribution in [3.63, 3.8) is 0 Å². The Morgan fingerprint density at radius 2 is 1.72 bits per heavy atom. The van der Waals surface area contributed by atoms with Gasteiger partial charge in [-0.05, 0) is 36.9 Å². The van der Waals surface area contributed by atoms with Crippen LogP contribution in [-0.2, 0) is 9.59 Å². The average molecular weight is 441 g/mol. The molecule has 0 spiro atoms. The zero-order chi connectivity index (χ0) is 22.5. The number of amides is 2. The highest BCUT2D eigenvalue weighted by molar-refractivity contribution is 6.39. The summed E-state index contributed by atoms with van der Waals surface area (Å²) in [5.41, 5.74) is 1.53. The summed E-state index contributed by atoms with van der Waals surface area (Å²) in [6.45, 7) is 4.13. The quantitative estimate of drug-likeness (QED) is 0.657. The highest BCUT2D eigenvalue weighted by atomic mass is 16.7. The van der Waals surface area contributed by atoms with Crippen LogP contribution in [0, 0.1) is 0 Å². The number of rotatable bonds is 6. The van der Waals surface area contributed by atoms with E-state index in [4.69, 9.17) is 14.2 Å². The van der Waals surface area contributed by atoms with E-state index in [1.165, 1.54) is 0 Å². The molecule has 0 aliphatic carbocycles. The van der Waals surface area contributed by atoms with E-state index in [2.05, 4.69) is 27.5 Å². The highest BCUT2D eigenvalue weighted by Crippen LogP contribution is 2.34. The molecule has 2 amide bonds. The van der Waals surface area contributed by atoms with Crippen LogP contribution in [0.5, 0.6) is 17.2 Å². The summed E-state index contributed by atoms with van der Waals surface area (Å²) in [7, 11) is 3.73. The predicted octanol–water partition coefficient (Wildman–Crippen LogP) is 1.47. The third-order valence-corrected chi connectivity index (χ3v) is 5.77. The Kier molecular flexibility index (Phi) is 6.77. The van der Waals surface area contributed by atoms with E-state index in [9.17, 15) is 9.59 Å². The molecule has 170 valence electrons. The number of methoxy groups -OCH3 is 1. The fourth-order valence-electron chi connectivity index (χ4n) is 3.85. The first-order valence-electron chi connectivity index (χ1n) is 10.6. The number of nitrogens with one attached hydrogen (secondary N) is 2. The molecule has 2 aromatic rings. The topological polar surface area (TPSA) is 92.4 Å². The molecule has 32 heavy (non-hydrogen) atoms. The number of carbonyl (C=O) groups is 2. The Balaban J connectivity index is 1.39. The molecule has 0 saturated carbocycles. The summed E-state index contributed by atoms with van der Waals surface area (Å²) in [6, 6.07) is 12.8.